The fourth-order valence-corrected chi connectivity index (χ4v) is 2.43. The Balaban J connectivity index is 0.00000288. The minimum absolute atomic E-state index is 0. The standard InChI is InChI=1S/C15H19F4N3O.ClH/c16-13-9-11(8-12(10-13)15(17,18)19)14(23)21-2-1-5-22-6-3-20-4-7-22;/h8-10,20H,1-7H2,(H,21,23);1H. The van der Waals surface area contributed by atoms with Crippen LogP contribution in [-0.2, 0) is 6.18 Å². The molecule has 24 heavy (non-hydrogen) atoms. The second-order valence-corrected chi connectivity index (χ2v) is 5.43. The summed E-state index contributed by atoms with van der Waals surface area (Å²) >= 11 is 0. The minimum atomic E-state index is -4.68. The Bertz CT molecular complexity index is 548. The summed E-state index contributed by atoms with van der Waals surface area (Å²) in [5.41, 5.74) is -1.48. The lowest BCUT2D eigenvalue weighted by Gasteiger charge is -2.27. The molecule has 2 rings (SSSR count). The van der Waals surface area contributed by atoms with Crippen molar-refractivity contribution in [2.75, 3.05) is 39.3 Å². The summed E-state index contributed by atoms with van der Waals surface area (Å²) in [5, 5.41) is 5.76. The number of piperazine rings is 1. The van der Waals surface area contributed by atoms with E-state index in [4.69, 9.17) is 0 Å². The topological polar surface area (TPSA) is 44.4 Å². The van der Waals surface area contributed by atoms with Gasteiger partial charge in [0, 0.05) is 38.3 Å². The molecule has 9 heteroatoms. The van der Waals surface area contributed by atoms with Crippen LogP contribution in [0.3, 0.4) is 0 Å². The van der Waals surface area contributed by atoms with E-state index < -0.39 is 23.5 Å². The molecule has 1 saturated heterocycles. The third-order valence-corrected chi connectivity index (χ3v) is 3.63. The number of carbonyl (C=O) groups excluding carboxylic acids is 1. The molecule has 1 aliphatic rings. The van der Waals surface area contributed by atoms with Crippen molar-refractivity contribution in [1.82, 2.24) is 15.5 Å². The highest BCUT2D eigenvalue weighted by Gasteiger charge is 2.31. The highest BCUT2D eigenvalue weighted by Crippen LogP contribution is 2.30. The molecule has 0 radical (unpaired) electrons. The number of hydrogen-bond acceptors (Lipinski definition) is 3. The molecule has 1 heterocycles. The first-order valence-electron chi connectivity index (χ1n) is 7.45. The van der Waals surface area contributed by atoms with Crippen LogP contribution in [0.15, 0.2) is 18.2 Å². The fourth-order valence-electron chi connectivity index (χ4n) is 2.43. The summed E-state index contributed by atoms with van der Waals surface area (Å²) in [6.07, 6.45) is -3.99. The van der Waals surface area contributed by atoms with Gasteiger partial charge in [0.1, 0.15) is 5.82 Å². The average Bonchev–Trinajstić information content (AvgIpc) is 2.51. The highest BCUT2D eigenvalue weighted by molar-refractivity contribution is 5.94. The third kappa shape index (κ3) is 6.26. The van der Waals surface area contributed by atoms with Gasteiger partial charge < -0.3 is 15.5 Å². The Hall–Kier alpha value is -1.38. The van der Waals surface area contributed by atoms with E-state index in [2.05, 4.69) is 15.5 Å². The monoisotopic (exact) mass is 369 g/mol. The Morgan fingerprint density at radius 1 is 1.21 bits per heavy atom. The molecule has 136 valence electrons. The summed E-state index contributed by atoms with van der Waals surface area (Å²) in [5.74, 6) is -1.78. The molecule has 1 aromatic rings. The molecular formula is C15H20ClF4N3O. The first-order valence-corrected chi connectivity index (χ1v) is 7.45. The molecule has 0 bridgehead atoms. The van der Waals surface area contributed by atoms with Gasteiger partial charge in [-0.25, -0.2) is 4.39 Å². The van der Waals surface area contributed by atoms with Gasteiger partial charge in [0.25, 0.3) is 5.91 Å². The number of benzene rings is 1. The smallest absolute Gasteiger partial charge is 0.352 e. The summed E-state index contributed by atoms with van der Waals surface area (Å²) < 4.78 is 51.1. The van der Waals surface area contributed by atoms with Crippen LogP contribution in [-0.4, -0.2) is 50.1 Å². The first-order chi connectivity index (χ1) is 10.9. The summed E-state index contributed by atoms with van der Waals surface area (Å²) in [7, 11) is 0. The zero-order chi connectivity index (χ0) is 16.9. The van der Waals surface area contributed by atoms with Crippen LogP contribution < -0.4 is 10.6 Å². The van der Waals surface area contributed by atoms with Crippen LogP contribution in [0, 0.1) is 5.82 Å². The second-order valence-electron chi connectivity index (χ2n) is 5.43. The molecular weight excluding hydrogens is 350 g/mol. The molecule has 0 aromatic heterocycles. The van der Waals surface area contributed by atoms with E-state index in [0.717, 1.165) is 38.8 Å². The molecule has 2 N–H and O–H groups in total. The van der Waals surface area contributed by atoms with E-state index in [9.17, 15) is 22.4 Å². The molecule has 0 atom stereocenters. The van der Waals surface area contributed by atoms with E-state index in [1.165, 1.54) is 0 Å². The number of alkyl halides is 3. The van der Waals surface area contributed by atoms with Crippen molar-refractivity contribution in [3.63, 3.8) is 0 Å². The van der Waals surface area contributed by atoms with E-state index in [1.54, 1.807) is 0 Å². The van der Waals surface area contributed by atoms with Crippen molar-refractivity contribution in [3.8, 4) is 0 Å². The average molecular weight is 370 g/mol. The molecule has 1 aromatic carbocycles. The van der Waals surface area contributed by atoms with Gasteiger partial charge in [-0.05, 0) is 31.2 Å². The molecule has 1 amide bonds. The van der Waals surface area contributed by atoms with Gasteiger partial charge in [0.15, 0.2) is 0 Å². The van der Waals surface area contributed by atoms with Crippen LogP contribution in [0.4, 0.5) is 17.6 Å². The predicted molar refractivity (Wildman–Crippen MR) is 84.9 cm³/mol. The molecule has 0 saturated carbocycles. The molecule has 0 spiro atoms. The number of carbonyl (C=O) groups is 1. The van der Waals surface area contributed by atoms with Crippen molar-refractivity contribution in [1.29, 1.82) is 0 Å². The molecule has 1 aliphatic heterocycles. The third-order valence-electron chi connectivity index (χ3n) is 3.63. The maximum atomic E-state index is 13.3. The van der Waals surface area contributed by atoms with Gasteiger partial charge in [0.2, 0.25) is 0 Å². The SMILES string of the molecule is Cl.O=C(NCCCN1CCNCC1)c1cc(F)cc(C(F)(F)F)c1. The Labute approximate surface area is 144 Å². The number of nitrogens with zero attached hydrogens (tertiary/aromatic N) is 1. The van der Waals surface area contributed by atoms with Gasteiger partial charge in [-0.3, -0.25) is 4.79 Å². The quantitative estimate of drug-likeness (QED) is 0.618. The zero-order valence-corrected chi connectivity index (χ0v) is 13.8. The van der Waals surface area contributed by atoms with Crippen LogP contribution in [0.1, 0.15) is 22.3 Å². The summed E-state index contributed by atoms with van der Waals surface area (Å²) in [6, 6.07) is 1.84. The highest BCUT2D eigenvalue weighted by atomic mass is 35.5. The van der Waals surface area contributed by atoms with Crippen molar-refractivity contribution < 1.29 is 22.4 Å². The van der Waals surface area contributed by atoms with E-state index in [1.807, 2.05) is 0 Å². The Morgan fingerprint density at radius 2 is 1.88 bits per heavy atom. The van der Waals surface area contributed by atoms with Crippen LogP contribution in [0.25, 0.3) is 0 Å². The van der Waals surface area contributed by atoms with Crippen molar-refractivity contribution >= 4 is 18.3 Å². The van der Waals surface area contributed by atoms with Gasteiger partial charge in [0.05, 0.1) is 5.56 Å². The maximum Gasteiger partial charge on any atom is 0.416 e. The second kappa shape index (κ2) is 9.19. The van der Waals surface area contributed by atoms with Gasteiger partial charge in [-0.1, -0.05) is 0 Å². The van der Waals surface area contributed by atoms with E-state index in [0.29, 0.717) is 25.1 Å². The number of hydrogen-bond donors (Lipinski definition) is 2. The number of amides is 1. The van der Waals surface area contributed by atoms with Gasteiger partial charge in [-0.15, -0.1) is 12.4 Å². The minimum Gasteiger partial charge on any atom is -0.352 e. The van der Waals surface area contributed by atoms with Crippen LogP contribution >= 0.6 is 12.4 Å². The Kier molecular flexibility index (Phi) is 7.92. The van der Waals surface area contributed by atoms with Gasteiger partial charge >= 0.3 is 6.18 Å². The zero-order valence-electron chi connectivity index (χ0n) is 13.0. The fraction of sp³-hybridized carbons (Fsp3) is 0.533. The van der Waals surface area contributed by atoms with Crippen molar-refractivity contribution in [2.45, 2.75) is 12.6 Å². The van der Waals surface area contributed by atoms with Crippen LogP contribution in [0.5, 0.6) is 0 Å². The molecule has 0 aliphatic carbocycles. The number of rotatable bonds is 5. The van der Waals surface area contributed by atoms with Gasteiger partial charge in [-0.2, -0.15) is 13.2 Å². The lowest BCUT2D eigenvalue weighted by atomic mass is 10.1. The first kappa shape index (κ1) is 20.7. The van der Waals surface area contributed by atoms with E-state index >= 15 is 0 Å². The molecule has 4 nitrogen and oxygen atoms in total. The van der Waals surface area contributed by atoms with E-state index in [-0.39, 0.29) is 18.0 Å². The number of halogens is 5. The number of nitrogens with one attached hydrogen (secondary N) is 2. The lowest BCUT2D eigenvalue weighted by molar-refractivity contribution is -0.137. The largest absolute Gasteiger partial charge is 0.416 e. The van der Waals surface area contributed by atoms with Crippen LogP contribution in [0.2, 0.25) is 0 Å². The normalized spacial score (nSPS) is 15.7. The van der Waals surface area contributed by atoms with Crippen molar-refractivity contribution in [2.24, 2.45) is 0 Å². The molecule has 0 unspecified atom stereocenters. The Morgan fingerprint density at radius 3 is 2.50 bits per heavy atom. The molecule has 1 fully saturated rings. The lowest BCUT2D eigenvalue weighted by Crippen LogP contribution is -2.44. The maximum absolute atomic E-state index is 13.3. The predicted octanol–water partition coefficient (Wildman–Crippen LogP) is 2.29. The van der Waals surface area contributed by atoms with Crippen molar-refractivity contribution in [3.05, 3.63) is 35.1 Å². The summed E-state index contributed by atoms with van der Waals surface area (Å²) in [4.78, 5) is 14.1. The summed E-state index contributed by atoms with van der Waals surface area (Å²) in [6.45, 7) is 4.87.